The van der Waals surface area contributed by atoms with Gasteiger partial charge in [0.05, 0.1) is 12.8 Å². The molecule has 2 aromatic rings. The molecule has 0 aliphatic rings. The molecule has 0 aliphatic carbocycles. The van der Waals surface area contributed by atoms with Crippen molar-refractivity contribution >= 4 is 11.6 Å². The maximum atomic E-state index is 11.9. The van der Waals surface area contributed by atoms with E-state index in [9.17, 15) is 4.79 Å². The lowest BCUT2D eigenvalue weighted by molar-refractivity contribution is 0.0945. The van der Waals surface area contributed by atoms with Gasteiger partial charge in [-0.2, -0.15) is 5.10 Å². The second kappa shape index (κ2) is 4.06. The van der Waals surface area contributed by atoms with Gasteiger partial charge in [0.15, 0.2) is 0 Å². The van der Waals surface area contributed by atoms with E-state index in [0.717, 1.165) is 0 Å². The third kappa shape index (κ3) is 1.75. The van der Waals surface area contributed by atoms with E-state index in [2.05, 4.69) is 5.10 Å². The van der Waals surface area contributed by atoms with Gasteiger partial charge in [0, 0.05) is 18.0 Å². The number of anilines is 1. The van der Waals surface area contributed by atoms with Gasteiger partial charge in [0.1, 0.15) is 5.75 Å². The van der Waals surface area contributed by atoms with Crippen LogP contribution in [-0.4, -0.2) is 22.8 Å². The molecular formula is C11H11N3O2. The van der Waals surface area contributed by atoms with E-state index < -0.39 is 0 Å². The molecule has 5 heteroatoms. The van der Waals surface area contributed by atoms with Crippen molar-refractivity contribution in [1.29, 1.82) is 0 Å². The van der Waals surface area contributed by atoms with Gasteiger partial charge in [0.25, 0.3) is 5.91 Å². The molecule has 1 aromatic carbocycles. The second-order valence-electron chi connectivity index (χ2n) is 3.21. The van der Waals surface area contributed by atoms with Crippen molar-refractivity contribution in [3.05, 3.63) is 42.2 Å². The fourth-order valence-corrected chi connectivity index (χ4v) is 1.39. The van der Waals surface area contributed by atoms with Gasteiger partial charge in [-0.05, 0) is 24.3 Å². The predicted octanol–water partition coefficient (Wildman–Crippen LogP) is 1.16. The monoisotopic (exact) mass is 217 g/mol. The molecule has 0 spiro atoms. The van der Waals surface area contributed by atoms with Crippen molar-refractivity contribution in [2.75, 3.05) is 12.8 Å². The number of nitrogens with zero attached hydrogens (tertiary/aromatic N) is 2. The number of methoxy groups -OCH3 is 1. The van der Waals surface area contributed by atoms with E-state index in [0.29, 0.717) is 17.0 Å². The van der Waals surface area contributed by atoms with Crippen LogP contribution in [0.25, 0.3) is 0 Å². The van der Waals surface area contributed by atoms with Gasteiger partial charge in [0.2, 0.25) is 0 Å². The summed E-state index contributed by atoms with van der Waals surface area (Å²) >= 11 is 0. The van der Waals surface area contributed by atoms with Gasteiger partial charge in [-0.25, -0.2) is 4.68 Å². The molecule has 0 radical (unpaired) electrons. The summed E-state index contributed by atoms with van der Waals surface area (Å²) in [6.45, 7) is 0. The Morgan fingerprint density at radius 1 is 1.50 bits per heavy atom. The molecule has 0 atom stereocenters. The minimum atomic E-state index is -0.223. The molecule has 2 N–H and O–H groups in total. The summed E-state index contributed by atoms with van der Waals surface area (Å²) < 4.78 is 6.26. The second-order valence-corrected chi connectivity index (χ2v) is 3.21. The Balaban J connectivity index is 2.35. The summed E-state index contributed by atoms with van der Waals surface area (Å²) in [7, 11) is 1.53. The average molecular weight is 217 g/mol. The highest BCUT2D eigenvalue weighted by Gasteiger charge is 2.10. The molecule has 0 fully saturated rings. The molecule has 0 bridgehead atoms. The molecule has 0 aliphatic heterocycles. The smallest absolute Gasteiger partial charge is 0.278 e. The van der Waals surface area contributed by atoms with Crippen LogP contribution >= 0.6 is 0 Å². The maximum Gasteiger partial charge on any atom is 0.278 e. The number of nitrogens with two attached hydrogens (primary N) is 1. The van der Waals surface area contributed by atoms with Crippen LogP contribution in [0, 0.1) is 0 Å². The zero-order valence-electron chi connectivity index (χ0n) is 8.75. The van der Waals surface area contributed by atoms with E-state index in [4.69, 9.17) is 10.5 Å². The van der Waals surface area contributed by atoms with Gasteiger partial charge < -0.3 is 10.5 Å². The van der Waals surface area contributed by atoms with Crippen LogP contribution in [-0.2, 0) is 0 Å². The number of hydrogen-bond acceptors (Lipinski definition) is 4. The average Bonchev–Trinajstić information content (AvgIpc) is 2.81. The normalized spacial score (nSPS) is 10.1. The zero-order valence-corrected chi connectivity index (χ0v) is 8.75. The Morgan fingerprint density at radius 3 is 2.88 bits per heavy atom. The zero-order chi connectivity index (χ0) is 11.5. The van der Waals surface area contributed by atoms with E-state index in [1.165, 1.54) is 11.8 Å². The van der Waals surface area contributed by atoms with Gasteiger partial charge in [-0.1, -0.05) is 0 Å². The van der Waals surface area contributed by atoms with Crippen molar-refractivity contribution < 1.29 is 9.53 Å². The fraction of sp³-hybridized carbons (Fsp3) is 0.0909. The number of hydrogen-bond donors (Lipinski definition) is 1. The van der Waals surface area contributed by atoms with Crippen LogP contribution in [0.5, 0.6) is 5.75 Å². The van der Waals surface area contributed by atoms with Gasteiger partial charge >= 0.3 is 0 Å². The number of rotatable bonds is 2. The number of aromatic nitrogens is 2. The maximum absolute atomic E-state index is 11.9. The molecule has 5 nitrogen and oxygen atoms in total. The van der Waals surface area contributed by atoms with Gasteiger partial charge in [-0.3, -0.25) is 4.79 Å². The van der Waals surface area contributed by atoms with Gasteiger partial charge in [-0.15, -0.1) is 0 Å². The standard InChI is InChI=1S/C11H11N3O2/c1-16-10-4-3-8(7-9(10)12)11(15)14-6-2-5-13-14/h2-7H,12H2,1H3. The first kappa shape index (κ1) is 10.2. The first-order valence-corrected chi connectivity index (χ1v) is 4.70. The first-order chi connectivity index (χ1) is 7.72. The number of nitrogen functional groups attached to an aromatic ring is 1. The summed E-state index contributed by atoms with van der Waals surface area (Å²) in [6.07, 6.45) is 3.13. The van der Waals surface area contributed by atoms with Crippen molar-refractivity contribution in [2.24, 2.45) is 0 Å². The van der Waals surface area contributed by atoms with Crippen molar-refractivity contribution in [1.82, 2.24) is 9.78 Å². The van der Waals surface area contributed by atoms with Crippen LogP contribution < -0.4 is 10.5 Å². The highest BCUT2D eigenvalue weighted by atomic mass is 16.5. The summed E-state index contributed by atoms with van der Waals surface area (Å²) in [6, 6.07) is 6.57. The molecular weight excluding hydrogens is 206 g/mol. The third-order valence-corrected chi connectivity index (χ3v) is 2.19. The molecule has 2 rings (SSSR count). The Labute approximate surface area is 92.4 Å². The lowest BCUT2D eigenvalue weighted by Gasteiger charge is -2.06. The molecule has 0 saturated carbocycles. The predicted molar refractivity (Wildman–Crippen MR) is 59.4 cm³/mol. The number of benzene rings is 1. The largest absolute Gasteiger partial charge is 0.495 e. The van der Waals surface area contributed by atoms with Crippen molar-refractivity contribution in [3.63, 3.8) is 0 Å². The molecule has 82 valence electrons. The number of carbonyl (C=O) groups excluding carboxylic acids is 1. The number of carbonyl (C=O) groups is 1. The SMILES string of the molecule is COc1ccc(C(=O)n2cccn2)cc1N. The minimum Gasteiger partial charge on any atom is -0.495 e. The van der Waals surface area contributed by atoms with Crippen molar-refractivity contribution in [3.8, 4) is 5.75 Å². The lowest BCUT2D eigenvalue weighted by Crippen LogP contribution is -2.12. The third-order valence-electron chi connectivity index (χ3n) is 2.19. The van der Waals surface area contributed by atoms with E-state index >= 15 is 0 Å². The van der Waals surface area contributed by atoms with E-state index in [1.54, 1.807) is 36.7 Å². The lowest BCUT2D eigenvalue weighted by atomic mass is 10.2. The topological polar surface area (TPSA) is 70.1 Å². The van der Waals surface area contributed by atoms with E-state index in [1.807, 2.05) is 0 Å². The molecule has 0 unspecified atom stereocenters. The van der Waals surface area contributed by atoms with Crippen LogP contribution in [0.15, 0.2) is 36.7 Å². The molecule has 1 heterocycles. The fourth-order valence-electron chi connectivity index (χ4n) is 1.39. The summed E-state index contributed by atoms with van der Waals surface area (Å²) in [5.41, 5.74) is 6.62. The molecule has 0 amide bonds. The Morgan fingerprint density at radius 2 is 2.31 bits per heavy atom. The Hall–Kier alpha value is -2.30. The summed E-state index contributed by atoms with van der Waals surface area (Å²) in [5, 5.41) is 3.86. The molecule has 1 aromatic heterocycles. The van der Waals surface area contributed by atoms with Crippen LogP contribution in [0.3, 0.4) is 0 Å². The quantitative estimate of drug-likeness (QED) is 0.766. The highest BCUT2D eigenvalue weighted by Crippen LogP contribution is 2.22. The van der Waals surface area contributed by atoms with Crippen LogP contribution in [0.4, 0.5) is 5.69 Å². The highest BCUT2D eigenvalue weighted by molar-refractivity contribution is 5.96. The first-order valence-electron chi connectivity index (χ1n) is 4.70. The Bertz CT molecular complexity index is 506. The summed E-state index contributed by atoms with van der Waals surface area (Å²) in [4.78, 5) is 11.9. The Kier molecular flexibility index (Phi) is 2.59. The molecule has 0 saturated heterocycles. The minimum absolute atomic E-state index is 0.223. The van der Waals surface area contributed by atoms with Crippen LogP contribution in [0.2, 0.25) is 0 Å². The molecule has 16 heavy (non-hydrogen) atoms. The number of ether oxygens (including phenoxy) is 1. The van der Waals surface area contributed by atoms with Crippen molar-refractivity contribution in [2.45, 2.75) is 0 Å². The van der Waals surface area contributed by atoms with Crippen LogP contribution in [0.1, 0.15) is 10.4 Å². The summed E-state index contributed by atoms with van der Waals surface area (Å²) in [5.74, 6) is 0.330. The van der Waals surface area contributed by atoms with E-state index in [-0.39, 0.29) is 5.91 Å².